The molecule has 0 spiro atoms. The largest absolute Gasteiger partial charge is 0.497 e. The molecule has 0 radical (unpaired) electrons. The van der Waals surface area contributed by atoms with E-state index in [0.717, 1.165) is 11.3 Å². The number of hydrogen-bond donors (Lipinski definition) is 3. The van der Waals surface area contributed by atoms with Gasteiger partial charge < -0.3 is 20.1 Å². The first-order chi connectivity index (χ1) is 11.7. The molecule has 25 heavy (non-hydrogen) atoms. The molecule has 0 aliphatic carbocycles. The number of methoxy groups -OCH3 is 1. The maximum Gasteiger partial charge on any atom is 0.271 e. The van der Waals surface area contributed by atoms with Crippen LogP contribution in [0.15, 0.2) is 24.3 Å². The van der Waals surface area contributed by atoms with Crippen molar-refractivity contribution in [2.45, 2.75) is 40.2 Å². The Morgan fingerprint density at radius 3 is 2.80 bits per heavy atom. The fourth-order valence-electron chi connectivity index (χ4n) is 2.86. The first-order valence-corrected chi connectivity index (χ1v) is 8.39. The van der Waals surface area contributed by atoms with Crippen molar-refractivity contribution in [1.82, 2.24) is 15.3 Å². The minimum absolute atomic E-state index is 0.191. The van der Waals surface area contributed by atoms with Crippen LogP contribution >= 0.6 is 0 Å². The van der Waals surface area contributed by atoms with Crippen LogP contribution in [-0.4, -0.2) is 40.7 Å². The van der Waals surface area contributed by atoms with Crippen molar-refractivity contribution in [3.05, 3.63) is 35.7 Å². The van der Waals surface area contributed by atoms with Crippen LogP contribution in [0, 0.1) is 12.3 Å². The third-order valence-corrected chi connectivity index (χ3v) is 4.02. The summed E-state index contributed by atoms with van der Waals surface area (Å²) in [6, 6.07) is 7.52. The zero-order chi connectivity index (χ0) is 18.6. The Bertz CT molecular complexity index is 735. The lowest BCUT2D eigenvalue weighted by Gasteiger charge is -2.26. The molecule has 1 aromatic heterocycles. The van der Waals surface area contributed by atoms with Crippen molar-refractivity contribution in [2.75, 3.05) is 13.7 Å². The monoisotopic (exact) mass is 345 g/mol. The van der Waals surface area contributed by atoms with Crippen molar-refractivity contribution in [3.8, 4) is 17.1 Å². The van der Waals surface area contributed by atoms with Crippen LogP contribution < -0.4 is 10.1 Å². The lowest BCUT2D eigenvalue weighted by molar-refractivity contribution is 0.0897. The topological polar surface area (TPSA) is 87.2 Å². The average Bonchev–Trinajstić information content (AvgIpc) is 2.93. The van der Waals surface area contributed by atoms with Crippen LogP contribution in [0.5, 0.6) is 5.75 Å². The Balaban J connectivity index is 2.12. The highest BCUT2D eigenvalue weighted by Crippen LogP contribution is 2.23. The fraction of sp³-hybridized carbons (Fsp3) is 0.474. The van der Waals surface area contributed by atoms with Gasteiger partial charge in [-0.05, 0) is 37.8 Å². The zero-order valence-electron chi connectivity index (χ0n) is 15.5. The van der Waals surface area contributed by atoms with Gasteiger partial charge in [0.2, 0.25) is 0 Å². The lowest BCUT2D eigenvalue weighted by atomic mass is 9.87. The van der Waals surface area contributed by atoms with Gasteiger partial charge in [-0.25, -0.2) is 4.98 Å². The highest BCUT2D eigenvalue weighted by atomic mass is 16.5. The maximum atomic E-state index is 12.5. The van der Waals surface area contributed by atoms with E-state index in [2.05, 4.69) is 15.3 Å². The third kappa shape index (κ3) is 5.06. The number of aryl methyl sites for hydroxylation is 1. The number of benzene rings is 1. The summed E-state index contributed by atoms with van der Waals surface area (Å²) < 4.78 is 5.23. The van der Waals surface area contributed by atoms with E-state index in [-0.39, 0.29) is 11.3 Å². The van der Waals surface area contributed by atoms with Crippen molar-refractivity contribution in [2.24, 2.45) is 5.41 Å². The maximum absolute atomic E-state index is 12.5. The first-order valence-electron chi connectivity index (χ1n) is 8.39. The number of amides is 1. The number of aliphatic hydroxyl groups is 1. The second-order valence-electron chi connectivity index (χ2n) is 7.19. The Hall–Kier alpha value is -2.34. The van der Waals surface area contributed by atoms with Crippen LogP contribution in [0.1, 0.15) is 43.4 Å². The average molecular weight is 345 g/mol. The summed E-state index contributed by atoms with van der Waals surface area (Å²) >= 11 is 0. The molecular formula is C19H27N3O3. The van der Waals surface area contributed by atoms with Gasteiger partial charge in [-0.1, -0.05) is 26.0 Å². The molecule has 1 heterocycles. The summed E-state index contributed by atoms with van der Waals surface area (Å²) in [5.74, 6) is 1.14. The molecule has 6 heteroatoms. The summed E-state index contributed by atoms with van der Waals surface area (Å²) in [7, 11) is 1.61. The van der Waals surface area contributed by atoms with Gasteiger partial charge in [0, 0.05) is 17.8 Å². The number of nitrogens with zero attached hydrogens (tertiary/aromatic N) is 1. The van der Waals surface area contributed by atoms with Crippen molar-refractivity contribution in [3.63, 3.8) is 0 Å². The Morgan fingerprint density at radius 1 is 1.44 bits per heavy atom. The quantitative estimate of drug-likeness (QED) is 0.720. The fourth-order valence-corrected chi connectivity index (χ4v) is 2.86. The van der Waals surface area contributed by atoms with E-state index in [1.54, 1.807) is 14.0 Å². The van der Waals surface area contributed by atoms with Gasteiger partial charge in [-0.2, -0.15) is 0 Å². The van der Waals surface area contributed by atoms with Gasteiger partial charge in [0.05, 0.1) is 13.2 Å². The van der Waals surface area contributed by atoms with Crippen LogP contribution in [0.25, 0.3) is 11.4 Å². The molecule has 1 amide bonds. The molecule has 0 aliphatic rings. The number of nitrogens with one attached hydrogen (secondary N) is 2. The third-order valence-electron chi connectivity index (χ3n) is 4.02. The van der Waals surface area contributed by atoms with Crippen LogP contribution in [0.3, 0.4) is 0 Å². The Kier molecular flexibility index (Phi) is 5.85. The van der Waals surface area contributed by atoms with Crippen molar-refractivity contribution >= 4 is 5.91 Å². The van der Waals surface area contributed by atoms with Crippen LogP contribution in [0.2, 0.25) is 0 Å². The second-order valence-corrected chi connectivity index (χ2v) is 7.19. The normalized spacial score (nSPS) is 12.7. The van der Waals surface area contributed by atoms with E-state index in [1.165, 1.54) is 0 Å². The number of aromatic amines is 1. The summed E-state index contributed by atoms with van der Waals surface area (Å²) in [5, 5.41) is 12.5. The highest BCUT2D eigenvalue weighted by Gasteiger charge is 2.23. The van der Waals surface area contributed by atoms with Crippen LogP contribution in [0.4, 0.5) is 0 Å². The summed E-state index contributed by atoms with van der Waals surface area (Å²) in [5.41, 5.74) is 1.76. The molecule has 0 saturated heterocycles. The molecule has 0 bridgehead atoms. The van der Waals surface area contributed by atoms with Gasteiger partial charge in [-0.3, -0.25) is 4.79 Å². The van der Waals surface area contributed by atoms with Crippen molar-refractivity contribution in [1.29, 1.82) is 0 Å². The molecule has 0 saturated carbocycles. The minimum Gasteiger partial charge on any atom is -0.497 e. The molecule has 1 atom stereocenters. The van der Waals surface area contributed by atoms with E-state index < -0.39 is 6.10 Å². The molecule has 1 aromatic carbocycles. The molecule has 2 aromatic rings. The Morgan fingerprint density at radius 2 is 2.16 bits per heavy atom. The smallest absolute Gasteiger partial charge is 0.271 e. The number of H-pyrrole nitrogens is 1. The van der Waals surface area contributed by atoms with Gasteiger partial charge in [0.1, 0.15) is 17.3 Å². The predicted molar refractivity (Wildman–Crippen MR) is 97.7 cm³/mol. The molecule has 2 rings (SSSR count). The van der Waals surface area contributed by atoms with Gasteiger partial charge in [-0.15, -0.1) is 0 Å². The Labute approximate surface area is 148 Å². The number of carbonyl (C=O) groups is 1. The number of aliphatic hydroxyl groups excluding tert-OH is 1. The van der Waals surface area contributed by atoms with Crippen molar-refractivity contribution < 1.29 is 14.6 Å². The number of rotatable bonds is 7. The second kappa shape index (κ2) is 7.70. The van der Waals surface area contributed by atoms with Gasteiger partial charge in [0.25, 0.3) is 5.91 Å². The van der Waals surface area contributed by atoms with Crippen LogP contribution in [-0.2, 0) is 0 Å². The van der Waals surface area contributed by atoms with E-state index >= 15 is 0 Å². The van der Waals surface area contributed by atoms with Gasteiger partial charge >= 0.3 is 0 Å². The van der Waals surface area contributed by atoms with E-state index in [0.29, 0.717) is 30.2 Å². The lowest BCUT2D eigenvalue weighted by Crippen LogP contribution is -2.36. The molecule has 0 fully saturated rings. The predicted octanol–water partition coefficient (Wildman–Crippen LogP) is 2.92. The number of hydrogen-bond acceptors (Lipinski definition) is 4. The molecule has 6 nitrogen and oxygen atoms in total. The van der Waals surface area contributed by atoms with E-state index in [9.17, 15) is 9.90 Å². The SMILES string of the molecule is COc1cccc(-c2nc(C(=O)NCC(C)(C)CC(C)O)c(C)[nH]2)c1. The number of imidazole rings is 1. The molecule has 136 valence electrons. The number of aromatic nitrogens is 2. The van der Waals surface area contributed by atoms with Gasteiger partial charge in [0.15, 0.2) is 0 Å². The standard InChI is InChI=1S/C19H27N3O3/c1-12(23)10-19(3,4)11-20-18(24)16-13(2)21-17(22-16)14-7-6-8-15(9-14)25-5/h6-9,12,23H,10-11H2,1-5H3,(H,20,24)(H,21,22). The molecule has 1 unspecified atom stereocenters. The molecular weight excluding hydrogens is 318 g/mol. The number of ether oxygens (including phenoxy) is 1. The summed E-state index contributed by atoms with van der Waals surface area (Å²) in [6.07, 6.45) is 0.209. The molecule has 0 aliphatic heterocycles. The minimum atomic E-state index is -0.404. The molecule has 3 N–H and O–H groups in total. The zero-order valence-corrected chi connectivity index (χ0v) is 15.5. The van der Waals surface area contributed by atoms with E-state index in [1.807, 2.05) is 45.0 Å². The highest BCUT2D eigenvalue weighted by molar-refractivity contribution is 5.94. The summed E-state index contributed by atoms with van der Waals surface area (Å²) in [6.45, 7) is 8.07. The number of carbonyl (C=O) groups excluding carboxylic acids is 1. The summed E-state index contributed by atoms with van der Waals surface area (Å²) in [4.78, 5) is 20.1. The first kappa shape index (κ1) is 19.0. The van der Waals surface area contributed by atoms with E-state index in [4.69, 9.17) is 4.74 Å².